The molecule has 1 aromatic carbocycles. The molecule has 0 unspecified atom stereocenters. The highest BCUT2D eigenvalue weighted by atomic mass is 19.1. The summed E-state index contributed by atoms with van der Waals surface area (Å²) in [6.07, 6.45) is 2.89. The highest BCUT2D eigenvalue weighted by Gasteiger charge is 2.62. The van der Waals surface area contributed by atoms with Crippen molar-refractivity contribution in [1.29, 1.82) is 0 Å². The summed E-state index contributed by atoms with van der Waals surface area (Å²) in [5, 5.41) is 0. The van der Waals surface area contributed by atoms with E-state index in [9.17, 15) is 13.6 Å². The van der Waals surface area contributed by atoms with Gasteiger partial charge in [0.15, 0.2) is 0 Å². The molecule has 2 aliphatic carbocycles. The summed E-state index contributed by atoms with van der Waals surface area (Å²) < 4.78 is 32.2. The fourth-order valence-electron chi connectivity index (χ4n) is 4.33. The second kappa shape index (κ2) is 5.04. The number of hydrogen-bond acceptors (Lipinski definition) is 2. The highest BCUT2D eigenvalue weighted by molar-refractivity contribution is 5.73. The number of fused-ring (bicyclic) bond motifs is 2. The van der Waals surface area contributed by atoms with Gasteiger partial charge < -0.3 is 4.74 Å². The largest absolute Gasteiger partial charge is 0.462 e. The van der Waals surface area contributed by atoms with Crippen LogP contribution in [0, 0.1) is 28.4 Å². The third-order valence-electron chi connectivity index (χ3n) is 6.34. The lowest BCUT2D eigenvalue weighted by Crippen LogP contribution is -2.38. The molecule has 120 valence electrons. The van der Waals surface area contributed by atoms with Gasteiger partial charge in [-0.1, -0.05) is 26.8 Å². The standard InChI is InChI=1S/C18H22F2O2/c1-17(2)12-6-7-18(17,3)15(9-12)22-16(21)8-11-4-5-13(19)10-14(11)20/h4-5,10,12,15H,6-9H2,1-3H3/t12-,15-,18+/m1/s1. The van der Waals surface area contributed by atoms with Gasteiger partial charge in [-0.2, -0.15) is 0 Å². The Morgan fingerprint density at radius 3 is 2.59 bits per heavy atom. The van der Waals surface area contributed by atoms with E-state index >= 15 is 0 Å². The Balaban J connectivity index is 1.68. The Morgan fingerprint density at radius 1 is 1.32 bits per heavy atom. The highest BCUT2D eigenvalue weighted by Crippen LogP contribution is 2.66. The normalized spacial score (nSPS) is 32.2. The molecule has 0 radical (unpaired) electrons. The molecule has 0 amide bonds. The van der Waals surface area contributed by atoms with Crippen molar-refractivity contribution in [1.82, 2.24) is 0 Å². The van der Waals surface area contributed by atoms with Crippen LogP contribution in [0.4, 0.5) is 8.78 Å². The fourth-order valence-corrected chi connectivity index (χ4v) is 4.33. The van der Waals surface area contributed by atoms with Crippen molar-refractivity contribution in [3.05, 3.63) is 35.4 Å². The molecule has 0 aliphatic heterocycles. The molecule has 2 nitrogen and oxygen atoms in total. The number of ether oxygens (including phenoxy) is 1. The summed E-state index contributed by atoms with van der Waals surface area (Å²) in [5.74, 6) is -1.19. The molecule has 2 fully saturated rings. The van der Waals surface area contributed by atoms with E-state index < -0.39 is 17.6 Å². The van der Waals surface area contributed by atoms with Crippen molar-refractivity contribution in [2.24, 2.45) is 16.7 Å². The first-order valence-electron chi connectivity index (χ1n) is 7.87. The molecule has 0 saturated heterocycles. The van der Waals surface area contributed by atoms with Gasteiger partial charge in [0.1, 0.15) is 17.7 Å². The van der Waals surface area contributed by atoms with Crippen LogP contribution in [0.5, 0.6) is 0 Å². The number of carbonyl (C=O) groups excluding carboxylic acids is 1. The van der Waals surface area contributed by atoms with Gasteiger partial charge >= 0.3 is 5.97 Å². The number of hydrogen-bond donors (Lipinski definition) is 0. The molecule has 2 aliphatic rings. The maximum absolute atomic E-state index is 13.6. The Hall–Kier alpha value is -1.45. The van der Waals surface area contributed by atoms with E-state index in [1.165, 1.54) is 12.5 Å². The van der Waals surface area contributed by atoms with Crippen molar-refractivity contribution < 1.29 is 18.3 Å². The van der Waals surface area contributed by atoms with E-state index in [4.69, 9.17) is 4.74 Å². The van der Waals surface area contributed by atoms with E-state index in [0.717, 1.165) is 25.0 Å². The van der Waals surface area contributed by atoms with E-state index in [1.807, 2.05) is 0 Å². The van der Waals surface area contributed by atoms with Crippen LogP contribution in [-0.2, 0) is 16.0 Å². The number of halogens is 2. The smallest absolute Gasteiger partial charge is 0.310 e. The first-order chi connectivity index (χ1) is 10.2. The van der Waals surface area contributed by atoms with Gasteiger partial charge in [-0.25, -0.2) is 8.78 Å². The fraction of sp³-hybridized carbons (Fsp3) is 0.611. The van der Waals surface area contributed by atoms with Gasteiger partial charge in [0.05, 0.1) is 6.42 Å². The zero-order valence-corrected chi connectivity index (χ0v) is 13.3. The molecule has 3 atom stereocenters. The van der Waals surface area contributed by atoms with Crippen LogP contribution in [0.25, 0.3) is 0 Å². The molecular formula is C18H22F2O2. The summed E-state index contributed by atoms with van der Waals surface area (Å²) in [4.78, 5) is 12.2. The average molecular weight is 308 g/mol. The van der Waals surface area contributed by atoms with Crippen LogP contribution in [0.1, 0.15) is 45.6 Å². The molecule has 0 N–H and O–H groups in total. The second-order valence-corrected chi connectivity index (χ2v) is 7.50. The van der Waals surface area contributed by atoms with Crippen molar-refractivity contribution in [3.8, 4) is 0 Å². The van der Waals surface area contributed by atoms with Gasteiger partial charge in [0, 0.05) is 11.5 Å². The predicted octanol–water partition coefficient (Wildman–Crippen LogP) is 4.27. The molecule has 0 spiro atoms. The molecule has 4 heteroatoms. The Bertz CT molecular complexity index is 611. The summed E-state index contributed by atoms with van der Waals surface area (Å²) in [5.41, 5.74) is 0.340. The van der Waals surface area contributed by atoms with Crippen LogP contribution in [-0.4, -0.2) is 12.1 Å². The van der Waals surface area contributed by atoms with E-state index in [0.29, 0.717) is 5.92 Å². The van der Waals surface area contributed by atoms with Crippen LogP contribution in [0.2, 0.25) is 0 Å². The lowest BCUT2D eigenvalue weighted by atomic mass is 9.70. The lowest BCUT2D eigenvalue weighted by molar-refractivity contribution is -0.156. The first-order valence-corrected chi connectivity index (χ1v) is 7.87. The molecular weight excluding hydrogens is 286 g/mol. The first kappa shape index (κ1) is 15.4. The minimum Gasteiger partial charge on any atom is -0.462 e. The summed E-state index contributed by atoms with van der Waals surface area (Å²) in [7, 11) is 0. The summed E-state index contributed by atoms with van der Waals surface area (Å²) in [6, 6.07) is 3.26. The quantitative estimate of drug-likeness (QED) is 0.780. The Kier molecular flexibility index (Phi) is 3.54. The van der Waals surface area contributed by atoms with Crippen LogP contribution < -0.4 is 0 Å². The van der Waals surface area contributed by atoms with E-state index in [-0.39, 0.29) is 28.9 Å². The minimum absolute atomic E-state index is 0.00529. The zero-order valence-electron chi connectivity index (χ0n) is 13.3. The molecule has 0 aromatic heterocycles. The SMILES string of the molecule is CC1(C)[C@@H]2CC[C@@]1(C)[C@H](OC(=O)Cc1ccc(F)cc1F)C2. The van der Waals surface area contributed by atoms with Crippen molar-refractivity contribution in [2.45, 2.75) is 52.6 Å². The molecule has 3 rings (SSSR count). The minimum atomic E-state index is -0.698. The van der Waals surface area contributed by atoms with Gasteiger partial charge in [0.25, 0.3) is 0 Å². The number of rotatable bonds is 3. The van der Waals surface area contributed by atoms with Gasteiger partial charge in [-0.3, -0.25) is 4.79 Å². The Morgan fingerprint density at radius 2 is 2.05 bits per heavy atom. The van der Waals surface area contributed by atoms with Gasteiger partial charge in [-0.05, 0) is 42.2 Å². The monoisotopic (exact) mass is 308 g/mol. The lowest BCUT2D eigenvalue weighted by Gasteiger charge is -2.38. The summed E-state index contributed by atoms with van der Waals surface area (Å²) >= 11 is 0. The second-order valence-electron chi connectivity index (χ2n) is 7.50. The van der Waals surface area contributed by atoms with Crippen molar-refractivity contribution in [2.75, 3.05) is 0 Å². The number of esters is 1. The Labute approximate surface area is 129 Å². The molecule has 0 heterocycles. The maximum atomic E-state index is 13.6. The molecule has 1 aromatic rings. The van der Waals surface area contributed by atoms with E-state index in [1.54, 1.807) is 0 Å². The molecule has 22 heavy (non-hydrogen) atoms. The van der Waals surface area contributed by atoms with Crippen LogP contribution in [0.15, 0.2) is 18.2 Å². The zero-order chi connectivity index (χ0) is 16.1. The average Bonchev–Trinajstić information content (AvgIpc) is 2.75. The van der Waals surface area contributed by atoms with E-state index in [2.05, 4.69) is 20.8 Å². The number of benzene rings is 1. The molecule has 2 bridgehead atoms. The third kappa shape index (κ3) is 2.24. The predicted molar refractivity (Wildman–Crippen MR) is 79.2 cm³/mol. The van der Waals surface area contributed by atoms with Crippen molar-refractivity contribution in [3.63, 3.8) is 0 Å². The van der Waals surface area contributed by atoms with Crippen molar-refractivity contribution >= 4 is 5.97 Å². The van der Waals surface area contributed by atoms with Crippen LogP contribution >= 0.6 is 0 Å². The topological polar surface area (TPSA) is 26.3 Å². The van der Waals surface area contributed by atoms with Gasteiger partial charge in [-0.15, -0.1) is 0 Å². The van der Waals surface area contributed by atoms with Crippen LogP contribution in [0.3, 0.4) is 0 Å². The molecule has 2 saturated carbocycles. The third-order valence-corrected chi connectivity index (χ3v) is 6.34. The number of carbonyl (C=O) groups is 1. The van der Waals surface area contributed by atoms with Gasteiger partial charge in [0.2, 0.25) is 0 Å². The maximum Gasteiger partial charge on any atom is 0.310 e. The summed E-state index contributed by atoms with van der Waals surface area (Å²) in [6.45, 7) is 6.69.